The monoisotopic (exact) mass is 413 g/mol. The van der Waals surface area contributed by atoms with Crippen LogP contribution in [0.2, 0.25) is 0 Å². The van der Waals surface area contributed by atoms with E-state index in [9.17, 15) is 9.59 Å². The van der Waals surface area contributed by atoms with Gasteiger partial charge in [-0.15, -0.1) is 11.8 Å². The second-order valence-corrected chi connectivity index (χ2v) is 8.64. The number of likely N-dealkylation sites (tertiary alicyclic amines) is 1. The predicted molar refractivity (Wildman–Crippen MR) is 114 cm³/mol. The average molecular weight is 414 g/mol. The van der Waals surface area contributed by atoms with Crippen LogP contribution >= 0.6 is 11.8 Å². The van der Waals surface area contributed by atoms with Gasteiger partial charge >= 0.3 is 0 Å². The van der Waals surface area contributed by atoms with Crippen molar-refractivity contribution in [3.05, 3.63) is 60.1 Å². The Morgan fingerprint density at radius 1 is 1.10 bits per heavy atom. The van der Waals surface area contributed by atoms with Crippen molar-refractivity contribution in [1.29, 1.82) is 0 Å². The summed E-state index contributed by atoms with van der Waals surface area (Å²) in [4.78, 5) is 30.4. The van der Waals surface area contributed by atoms with Crippen LogP contribution in [0.5, 0.6) is 0 Å². The Balaban J connectivity index is 1.45. The average Bonchev–Trinajstić information content (AvgIpc) is 3.44. The third-order valence-electron chi connectivity index (χ3n) is 5.56. The van der Waals surface area contributed by atoms with Gasteiger partial charge in [0.1, 0.15) is 11.4 Å². The molecule has 0 bridgehead atoms. The Kier molecular flexibility index (Phi) is 6.56. The Bertz CT molecular complexity index is 806. The fraction of sp³-hybridized carbons (Fsp3) is 0.455. The fourth-order valence-electron chi connectivity index (χ4n) is 4.00. The van der Waals surface area contributed by atoms with Crippen LogP contribution in [0.15, 0.2) is 53.3 Å². The Labute approximate surface area is 175 Å². The van der Waals surface area contributed by atoms with Crippen molar-refractivity contribution in [1.82, 2.24) is 15.1 Å². The van der Waals surface area contributed by atoms with Gasteiger partial charge in [0, 0.05) is 30.0 Å². The van der Waals surface area contributed by atoms with Gasteiger partial charge < -0.3 is 19.5 Å². The minimum Gasteiger partial charge on any atom is -0.472 e. The summed E-state index contributed by atoms with van der Waals surface area (Å²) in [7, 11) is 0. The lowest BCUT2D eigenvalue weighted by Gasteiger charge is -2.29. The Morgan fingerprint density at radius 3 is 2.62 bits per heavy atom. The number of benzene rings is 1. The quantitative estimate of drug-likeness (QED) is 0.788. The molecular formula is C22H27N3O3S. The molecule has 0 saturated carbocycles. The Morgan fingerprint density at radius 2 is 1.90 bits per heavy atom. The fourth-order valence-corrected chi connectivity index (χ4v) is 5.40. The second-order valence-electron chi connectivity index (χ2n) is 7.53. The van der Waals surface area contributed by atoms with E-state index >= 15 is 0 Å². The van der Waals surface area contributed by atoms with Gasteiger partial charge in [0.2, 0.25) is 5.91 Å². The van der Waals surface area contributed by atoms with Crippen molar-refractivity contribution in [2.45, 2.75) is 30.7 Å². The molecule has 2 amide bonds. The maximum Gasteiger partial charge on any atom is 0.255 e. The van der Waals surface area contributed by atoms with Gasteiger partial charge in [0.25, 0.3) is 5.91 Å². The van der Waals surface area contributed by atoms with E-state index < -0.39 is 6.04 Å². The molecule has 0 aliphatic carbocycles. The first kappa shape index (κ1) is 20.0. The third-order valence-corrected chi connectivity index (χ3v) is 6.89. The van der Waals surface area contributed by atoms with E-state index in [1.807, 2.05) is 24.3 Å². The number of hydrogen-bond donors (Lipinski definition) is 1. The third kappa shape index (κ3) is 4.67. The molecule has 3 heterocycles. The van der Waals surface area contributed by atoms with Crippen molar-refractivity contribution < 1.29 is 14.0 Å². The number of nitrogens with one attached hydrogen (secondary N) is 1. The zero-order valence-corrected chi connectivity index (χ0v) is 17.3. The highest BCUT2D eigenvalue weighted by Gasteiger charge is 2.42. The SMILES string of the molecule is O=C(NCCN1CCCCC1)C1CSC(c2ccoc2)N1C(=O)c1ccccc1. The number of furan rings is 1. The van der Waals surface area contributed by atoms with E-state index in [0.29, 0.717) is 17.9 Å². The first-order valence-electron chi connectivity index (χ1n) is 10.3. The van der Waals surface area contributed by atoms with Crippen LogP contribution in [0, 0.1) is 0 Å². The maximum atomic E-state index is 13.3. The molecule has 4 rings (SSSR count). The van der Waals surface area contributed by atoms with E-state index in [2.05, 4.69) is 10.2 Å². The molecule has 2 aliphatic rings. The van der Waals surface area contributed by atoms with Crippen molar-refractivity contribution in [2.24, 2.45) is 0 Å². The van der Waals surface area contributed by atoms with Gasteiger partial charge in [0.15, 0.2) is 0 Å². The van der Waals surface area contributed by atoms with Gasteiger partial charge in [-0.1, -0.05) is 24.6 Å². The van der Waals surface area contributed by atoms with Gasteiger partial charge in [-0.25, -0.2) is 0 Å². The summed E-state index contributed by atoms with van der Waals surface area (Å²) in [6.07, 6.45) is 7.03. The van der Waals surface area contributed by atoms with Gasteiger partial charge in [-0.2, -0.15) is 0 Å². The molecule has 1 aromatic heterocycles. The summed E-state index contributed by atoms with van der Waals surface area (Å²) in [5.74, 6) is 0.368. The predicted octanol–water partition coefficient (Wildman–Crippen LogP) is 3.14. The summed E-state index contributed by atoms with van der Waals surface area (Å²) in [6.45, 7) is 3.69. The highest BCUT2D eigenvalue weighted by molar-refractivity contribution is 7.99. The van der Waals surface area contributed by atoms with Gasteiger partial charge in [-0.05, 0) is 44.1 Å². The molecule has 2 atom stereocenters. The van der Waals surface area contributed by atoms with Gasteiger partial charge in [-0.3, -0.25) is 9.59 Å². The summed E-state index contributed by atoms with van der Waals surface area (Å²) in [5.41, 5.74) is 1.50. The van der Waals surface area contributed by atoms with E-state index in [1.54, 1.807) is 41.3 Å². The molecule has 1 N–H and O–H groups in total. The number of carbonyl (C=O) groups excluding carboxylic acids is 2. The minimum absolute atomic E-state index is 0.0789. The first-order chi connectivity index (χ1) is 14.2. The van der Waals surface area contributed by atoms with Crippen LogP contribution in [-0.2, 0) is 4.79 Å². The number of piperidine rings is 1. The highest BCUT2D eigenvalue weighted by Crippen LogP contribution is 2.42. The molecule has 2 fully saturated rings. The molecule has 2 saturated heterocycles. The number of amides is 2. The minimum atomic E-state index is -0.492. The second kappa shape index (κ2) is 9.50. The number of thioether (sulfide) groups is 1. The zero-order valence-electron chi connectivity index (χ0n) is 16.5. The smallest absolute Gasteiger partial charge is 0.255 e. The van der Waals surface area contributed by atoms with Crippen LogP contribution in [0.1, 0.15) is 40.6 Å². The summed E-state index contributed by atoms with van der Waals surface area (Å²) >= 11 is 1.60. The summed E-state index contributed by atoms with van der Waals surface area (Å²) in [5, 5.41) is 2.84. The highest BCUT2D eigenvalue weighted by atomic mass is 32.2. The molecule has 7 heteroatoms. The van der Waals surface area contributed by atoms with E-state index in [-0.39, 0.29) is 17.2 Å². The van der Waals surface area contributed by atoms with Crippen LogP contribution in [0.25, 0.3) is 0 Å². The van der Waals surface area contributed by atoms with Crippen molar-refractivity contribution in [3.8, 4) is 0 Å². The topological polar surface area (TPSA) is 65.8 Å². The van der Waals surface area contributed by atoms with Crippen molar-refractivity contribution in [3.63, 3.8) is 0 Å². The lowest BCUT2D eigenvalue weighted by molar-refractivity contribution is -0.124. The van der Waals surface area contributed by atoms with Crippen molar-refractivity contribution >= 4 is 23.6 Å². The molecule has 2 unspecified atom stereocenters. The van der Waals surface area contributed by atoms with E-state index in [4.69, 9.17) is 4.42 Å². The van der Waals surface area contributed by atoms with E-state index in [0.717, 1.165) is 25.2 Å². The van der Waals surface area contributed by atoms with E-state index in [1.165, 1.54) is 19.3 Å². The summed E-state index contributed by atoms with van der Waals surface area (Å²) < 4.78 is 5.23. The van der Waals surface area contributed by atoms with Crippen LogP contribution < -0.4 is 5.32 Å². The Hall–Kier alpha value is -2.25. The number of hydrogen-bond acceptors (Lipinski definition) is 5. The molecule has 0 radical (unpaired) electrons. The molecule has 2 aliphatic heterocycles. The zero-order chi connectivity index (χ0) is 20.1. The van der Waals surface area contributed by atoms with Crippen LogP contribution in [0.4, 0.5) is 0 Å². The summed E-state index contributed by atoms with van der Waals surface area (Å²) in [6, 6.07) is 10.5. The maximum absolute atomic E-state index is 13.3. The molecule has 0 spiro atoms. The largest absolute Gasteiger partial charge is 0.472 e. The number of carbonyl (C=O) groups is 2. The standard InChI is InChI=1S/C22H27N3O3S/c26-20(23-10-13-24-11-5-2-6-12-24)19-16-29-22(18-9-14-28-15-18)25(19)21(27)17-7-3-1-4-8-17/h1,3-4,7-9,14-15,19,22H,2,5-6,10-13,16H2,(H,23,26). The molecule has 29 heavy (non-hydrogen) atoms. The van der Waals surface area contributed by atoms with Crippen LogP contribution in [0.3, 0.4) is 0 Å². The molecule has 154 valence electrons. The molecule has 6 nitrogen and oxygen atoms in total. The molecular weight excluding hydrogens is 386 g/mol. The normalized spacial score (nSPS) is 22.6. The lowest BCUT2D eigenvalue weighted by Crippen LogP contribution is -2.49. The lowest BCUT2D eigenvalue weighted by atomic mass is 10.1. The number of rotatable bonds is 6. The van der Waals surface area contributed by atoms with Gasteiger partial charge in [0.05, 0.1) is 12.5 Å². The molecule has 2 aromatic rings. The van der Waals surface area contributed by atoms with Crippen molar-refractivity contribution in [2.75, 3.05) is 31.9 Å². The molecule has 1 aromatic carbocycles. The van der Waals surface area contributed by atoms with Crippen LogP contribution in [-0.4, -0.2) is 59.6 Å². The number of nitrogens with zero attached hydrogens (tertiary/aromatic N) is 2. The first-order valence-corrected chi connectivity index (χ1v) is 11.3.